The molecule has 4 heterocycles. The van der Waals surface area contributed by atoms with E-state index >= 15 is 0 Å². The summed E-state index contributed by atoms with van der Waals surface area (Å²) < 4.78 is 12.3. The van der Waals surface area contributed by atoms with E-state index in [-0.39, 0.29) is 30.3 Å². The number of nitrogens with one attached hydrogen (secondary N) is 2. The molecular weight excluding hydrogens is 544 g/mol. The first-order chi connectivity index (χ1) is 21.0. The number of para-hydroxylation sites is 1. The highest BCUT2D eigenvalue weighted by Crippen LogP contribution is 2.55. The van der Waals surface area contributed by atoms with Gasteiger partial charge in [-0.05, 0) is 60.9 Å². The van der Waals surface area contributed by atoms with Gasteiger partial charge in [-0.25, -0.2) is 0 Å². The van der Waals surface area contributed by atoms with Crippen LogP contribution in [0.15, 0.2) is 91.3 Å². The van der Waals surface area contributed by atoms with E-state index in [1.54, 1.807) is 47.6 Å². The third-order valence-electron chi connectivity index (χ3n) is 9.05. The Bertz CT molecular complexity index is 1520. The van der Waals surface area contributed by atoms with Crippen molar-refractivity contribution in [3.63, 3.8) is 0 Å². The van der Waals surface area contributed by atoms with Gasteiger partial charge in [-0.15, -0.1) is 0 Å². The highest BCUT2D eigenvalue weighted by molar-refractivity contribution is 6.02. The third kappa shape index (κ3) is 5.07. The number of pyridine rings is 1. The lowest BCUT2D eigenvalue weighted by Gasteiger charge is -2.34. The summed E-state index contributed by atoms with van der Waals surface area (Å²) in [6.07, 6.45) is 11.6. The van der Waals surface area contributed by atoms with E-state index in [1.165, 1.54) is 6.42 Å². The summed E-state index contributed by atoms with van der Waals surface area (Å²) >= 11 is 0. The number of likely N-dealkylation sites (tertiary alicyclic amines) is 1. The SMILES string of the molecule is O=C(Nc1ccc(Oc2ccccc2)cc1)[C@H]1[C@H]2C=C[C@@]3(O2)[C@H]1C(=O)N(Cc1cccnc1)[C@@H]3C(=O)NC1CCCCC1. The molecule has 2 aromatic carbocycles. The van der Waals surface area contributed by atoms with Crippen molar-refractivity contribution in [2.45, 2.75) is 62.4 Å². The van der Waals surface area contributed by atoms with E-state index in [0.717, 1.165) is 31.2 Å². The molecule has 7 rings (SSSR count). The number of hydrogen-bond donors (Lipinski definition) is 2. The molecule has 9 nitrogen and oxygen atoms in total. The van der Waals surface area contributed by atoms with Gasteiger partial charge in [0.05, 0.1) is 17.9 Å². The normalized spacial score (nSPS) is 27.6. The number of anilines is 1. The van der Waals surface area contributed by atoms with Crippen molar-refractivity contribution in [2.75, 3.05) is 5.32 Å². The molecule has 5 atom stereocenters. The van der Waals surface area contributed by atoms with Crippen LogP contribution >= 0.6 is 0 Å². The van der Waals surface area contributed by atoms with Crippen molar-refractivity contribution in [3.05, 3.63) is 96.8 Å². The minimum Gasteiger partial charge on any atom is -0.457 e. The molecule has 43 heavy (non-hydrogen) atoms. The molecule has 3 aliphatic heterocycles. The number of aromatic nitrogens is 1. The number of carbonyl (C=O) groups is 3. The second-order valence-corrected chi connectivity index (χ2v) is 11.8. The van der Waals surface area contributed by atoms with Crippen LogP contribution in [0, 0.1) is 11.8 Å². The molecule has 3 fully saturated rings. The van der Waals surface area contributed by atoms with Crippen LogP contribution in [0.1, 0.15) is 37.7 Å². The van der Waals surface area contributed by atoms with Gasteiger partial charge in [-0.2, -0.15) is 0 Å². The van der Waals surface area contributed by atoms with E-state index in [1.807, 2.05) is 48.6 Å². The van der Waals surface area contributed by atoms with Crippen LogP contribution in [0.5, 0.6) is 11.5 Å². The number of nitrogens with zero attached hydrogens (tertiary/aromatic N) is 2. The summed E-state index contributed by atoms with van der Waals surface area (Å²) in [7, 11) is 0. The van der Waals surface area contributed by atoms with Crippen molar-refractivity contribution < 1.29 is 23.9 Å². The number of rotatable bonds is 8. The van der Waals surface area contributed by atoms with Crippen molar-refractivity contribution in [3.8, 4) is 11.5 Å². The Labute approximate surface area is 250 Å². The smallest absolute Gasteiger partial charge is 0.246 e. The van der Waals surface area contributed by atoms with Gasteiger partial charge >= 0.3 is 0 Å². The van der Waals surface area contributed by atoms with E-state index in [9.17, 15) is 14.4 Å². The van der Waals surface area contributed by atoms with Crippen molar-refractivity contribution in [2.24, 2.45) is 11.8 Å². The molecule has 1 aromatic heterocycles. The Hall–Kier alpha value is -4.50. The van der Waals surface area contributed by atoms with Crippen LogP contribution < -0.4 is 15.4 Å². The van der Waals surface area contributed by atoms with Crippen LogP contribution in [0.2, 0.25) is 0 Å². The first-order valence-corrected chi connectivity index (χ1v) is 15.0. The summed E-state index contributed by atoms with van der Waals surface area (Å²) in [5, 5.41) is 6.19. The molecule has 3 aromatic rings. The molecule has 1 aliphatic carbocycles. The molecule has 0 radical (unpaired) electrons. The fraction of sp³-hybridized carbons (Fsp3) is 0.353. The van der Waals surface area contributed by atoms with E-state index in [0.29, 0.717) is 17.2 Å². The number of hydrogen-bond acceptors (Lipinski definition) is 6. The predicted octanol–water partition coefficient (Wildman–Crippen LogP) is 4.61. The van der Waals surface area contributed by atoms with Crippen molar-refractivity contribution >= 4 is 23.4 Å². The van der Waals surface area contributed by atoms with Crippen LogP contribution in [0.4, 0.5) is 5.69 Å². The second kappa shape index (κ2) is 11.3. The summed E-state index contributed by atoms with van der Waals surface area (Å²) in [6, 6.07) is 19.4. The second-order valence-electron chi connectivity index (χ2n) is 11.8. The zero-order valence-corrected chi connectivity index (χ0v) is 23.7. The molecule has 3 amide bonds. The summed E-state index contributed by atoms with van der Waals surface area (Å²) in [5.41, 5.74) is 0.174. The maximum Gasteiger partial charge on any atom is 0.246 e. The zero-order chi connectivity index (χ0) is 29.4. The van der Waals surface area contributed by atoms with Gasteiger partial charge in [-0.1, -0.05) is 55.7 Å². The Kier molecular flexibility index (Phi) is 7.18. The van der Waals surface area contributed by atoms with Gasteiger partial charge in [-0.3, -0.25) is 19.4 Å². The lowest BCUT2D eigenvalue weighted by atomic mass is 9.74. The maximum absolute atomic E-state index is 14.2. The first-order valence-electron chi connectivity index (χ1n) is 15.0. The third-order valence-corrected chi connectivity index (χ3v) is 9.05. The molecule has 2 N–H and O–H groups in total. The molecule has 220 valence electrons. The standard InChI is InChI=1S/C34H34N4O5/c39-31(36-24-13-15-26(16-14-24)42-25-11-5-2-6-12-25)28-27-17-18-34(43-27)29(28)33(41)38(21-22-8-7-19-35-20-22)30(34)32(40)37-23-9-3-1-4-10-23/h2,5-8,11-20,23,27-30H,1,3-4,9-10,21H2,(H,36,39)(H,37,40)/t27-,28+,29-,30-,34-/m1/s1. The number of amides is 3. The molecular formula is C34H34N4O5. The van der Waals surface area contributed by atoms with E-state index in [2.05, 4.69) is 15.6 Å². The summed E-state index contributed by atoms with van der Waals surface area (Å²) in [5.74, 6) is -1.05. The van der Waals surface area contributed by atoms with Crippen molar-refractivity contribution in [1.29, 1.82) is 0 Å². The molecule has 2 saturated heterocycles. The maximum atomic E-state index is 14.2. The van der Waals surface area contributed by atoms with Gasteiger partial charge in [0.25, 0.3) is 0 Å². The number of benzene rings is 2. The largest absolute Gasteiger partial charge is 0.457 e. The van der Waals surface area contributed by atoms with Gasteiger partial charge in [0.15, 0.2) is 0 Å². The quantitative estimate of drug-likeness (QED) is 0.378. The Balaban J connectivity index is 1.13. The minimum absolute atomic E-state index is 0.0718. The van der Waals surface area contributed by atoms with E-state index in [4.69, 9.17) is 9.47 Å². The van der Waals surface area contributed by atoms with Crippen LogP contribution in [-0.2, 0) is 25.7 Å². The predicted molar refractivity (Wildman–Crippen MR) is 159 cm³/mol. The topological polar surface area (TPSA) is 110 Å². The fourth-order valence-corrected chi connectivity index (χ4v) is 7.11. The molecule has 2 bridgehead atoms. The van der Waals surface area contributed by atoms with Gasteiger partial charge in [0.1, 0.15) is 23.1 Å². The molecule has 1 spiro atoms. The Morgan fingerprint density at radius 2 is 1.72 bits per heavy atom. The van der Waals surface area contributed by atoms with Crippen LogP contribution in [0.25, 0.3) is 0 Å². The van der Waals surface area contributed by atoms with Crippen LogP contribution in [-0.4, -0.2) is 51.4 Å². The molecule has 0 unspecified atom stereocenters. The number of ether oxygens (including phenoxy) is 2. The van der Waals surface area contributed by atoms with Gasteiger partial charge in [0.2, 0.25) is 17.7 Å². The van der Waals surface area contributed by atoms with Gasteiger partial charge < -0.3 is 25.0 Å². The lowest BCUT2D eigenvalue weighted by molar-refractivity contribution is -0.142. The van der Waals surface area contributed by atoms with Crippen LogP contribution in [0.3, 0.4) is 0 Å². The summed E-state index contributed by atoms with van der Waals surface area (Å²) in [6.45, 7) is 0.201. The minimum atomic E-state index is -1.21. The lowest BCUT2D eigenvalue weighted by Crippen LogP contribution is -2.56. The first kappa shape index (κ1) is 27.3. The average molecular weight is 579 g/mol. The number of fused-ring (bicyclic) bond motifs is 1. The average Bonchev–Trinajstić information content (AvgIpc) is 3.67. The fourth-order valence-electron chi connectivity index (χ4n) is 7.11. The monoisotopic (exact) mass is 578 g/mol. The Morgan fingerprint density at radius 3 is 2.47 bits per heavy atom. The molecule has 4 aliphatic rings. The highest BCUT2D eigenvalue weighted by Gasteiger charge is 2.72. The Morgan fingerprint density at radius 1 is 0.953 bits per heavy atom. The van der Waals surface area contributed by atoms with Crippen molar-refractivity contribution in [1.82, 2.24) is 15.2 Å². The molecule has 9 heteroatoms. The highest BCUT2D eigenvalue weighted by atomic mass is 16.5. The molecule has 1 saturated carbocycles. The summed E-state index contributed by atoms with van der Waals surface area (Å²) in [4.78, 5) is 47.7. The van der Waals surface area contributed by atoms with E-state index < -0.39 is 29.6 Å². The zero-order valence-electron chi connectivity index (χ0n) is 23.7. The van der Waals surface area contributed by atoms with Gasteiger partial charge in [0, 0.05) is 30.7 Å². The number of carbonyl (C=O) groups excluding carboxylic acids is 3.